The van der Waals surface area contributed by atoms with Crippen molar-refractivity contribution in [3.8, 4) is 11.4 Å². The minimum Gasteiger partial charge on any atom is -0.497 e. The van der Waals surface area contributed by atoms with Crippen molar-refractivity contribution in [2.45, 2.75) is 0 Å². The second kappa shape index (κ2) is 3.31. The summed E-state index contributed by atoms with van der Waals surface area (Å²) in [6.07, 6.45) is 4.65. The van der Waals surface area contributed by atoms with E-state index in [4.69, 9.17) is 4.74 Å². The molecule has 3 heteroatoms. The fourth-order valence-corrected chi connectivity index (χ4v) is 1.10. The highest BCUT2D eigenvalue weighted by Crippen LogP contribution is 2.13. The highest BCUT2D eigenvalue weighted by atomic mass is 16.5. The number of aromatic nitrogens is 2. The number of ether oxygens (including phenoxy) is 1. The van der Waals surface area contributed by atoms with Crippen molar-refractivity contribution >= 4 is 0 Å². The summed E-state index contributed by atoms with van der Waals surface area (Å²) in [6.45, 7) is 0. The van der Waals surface area contributed by atoms with Crippen LogP contribution in [0.5, 0.6) is 5.75 Å². The lowest BCUT2D eigenvalue weighted by atomic mass is 10.3. The molecule has 0 bridgehead atoms. The van der Waals surface area contributed by atoms with Crippen molar-refractivity contribution in [3.05, 3.63) is 42.7 Å². The van der Waals surface area contributed by atoms with Gasteiger partial charge >= 0.3 is 0 Å². The van der Waals surface area contributed by atoms with Crippen LogP contribution in [0.2, 0.25) is 0 Å². The largest absolute Gasteiger partial charge is 0.497 e. The molecule has 0 aliphatic rings. The molecule has 2 aromatic rings. The number of hydrogen-bond acceptors (Lipinski definition) is 2. The van der Waals surface area contributed by atoms with Gasteiger partial charge in [0.1, 0.15) is 5.75 Å². The van der Waals surface area contributed by atoms with E-state index in [1.807, 2.05) is 24.3 Å². The molecule has 1 aromatic heterocycles. The van der Waals surface area contributed by atoms with Crippen LogP contribution < -0.4 is 4.74 Å². The lowest BCUT2D eigenvalue weighted by Crippen LogP contribution is -1.93. The lowest BCUT2D eigenvalue weighted by molar-refractivity contribution is 0.414. The van der Waals surface area contributed by atoms with E-state index >= 15 is 0 Å². The van der Waals surface area contributed by atoms with Gasteiger partial charge in [-0.2, -0.15) is 5.10 Å². The Hall–Kier alpha value is -1.77. The van der Waals surface area contributed by atoms with E-state index in [9.17, 15) is 0 Å². The molecule has 3 nitrogen and oxygen atoms in total. The Morgan fingerprint density at radius 1 is 1.31 bits per heavy atom. The molecule has 0 amide bonds. The third kappa shape index (κ3) is 1.54. The van der Waals surface area contributed by atoms with Crippen molar-refractivity contribution in [1.29, 1.82) is 0 Å². The fourth-order valence-electron chi connectivity index (χ4n) is 1.10. The van der Waals surface area contributed by atoms with Crippen LogP contribution in [0, 0.1) is 6.20 Å². The molecule has 65 valence electrons. The molecule has 2 rings (SSSR count). The number of hydrogen-bond donors (Lipinski definition) is 0. The molecule has 0 atom stereocenters. The zero-order valence-corrected chi connectivity index (χ0v) is 7.27. The molecule has 13 heavy (non-hydrogen) atoms. The molecule has 0 saturated carbocycles. The zero-order chi connectivity index (χ0) is 9.10. The van der Waals surface area contributed by atoms with E-state index in [0.717, 1.165) is 11.4 Å². The molecule has 0 spiro atoms. The summed E-state index contributed by atoms with van der Waals surface area (Å²) in [6, 6.07) is 9.42. The molecule has 1 radical (unpaired) electrons. The molecule has 1 aromatic carbocycles. The van der Waals surface area contributed by atoms with Gasteiger partial charge in [0.25, 0.3) is 0 Å². The van der Waals surface area contributed by atoms with Crippen molar-refractivity contribution in [3.63, 3.8) is 0 Å². The van der Waals surface area contributed by atoms with Crippen LogP contribution in [0.15, 0.2) is 36.5 Å². The topological polar surface area (TPSA) is 27.1 Å². The van der Waals surface area contributed by atoms with Gasteiger partial charge in [-0.15, -0.1) is 0 Å². The summed E-state index contributed by atoms with van der Waals surface area (Å²) in [7, 11) is 1.65. The van der Waals surface area contributed by atoms with Gasteiger partial charge in [0.05, 0.1) is 25.2 Å². The van der Waals surface area contributed by atoms with Crippen molar-refractivity contribution in [2.75, 3.05) is 7.11 Å². The van der Waals surface area contributed by atoms with E-state index < -0.39 is 0 Å². The second-order valence-electron chi connectivity index (χ2n) is 2.57. The molecule has 0 aliphatic carbocycles. The van der Waals surface area contributed by atoms with E-state index in [2.05, 4.69) is 11.3 Å². The first kappa shape index (κ1) is 7.86. The highest BCUT2D eigenvalue weighted by Gasteiger charge is 1.95. The van der Waals surface area contributed by atoms with Gasteiger partial charge in [-0.05, 0) is 30.3 Å². The Morgan fingerprint density at radius 2 is 2.08 bits per heavy atom. The fraction of sp³-hybridized carbons (Fsp3) is 0.100. The Balaban J connectivity index is 2.33. The van der Waals surface area contributed by atoms with Gasteiger partial charge in [-0.3, -0.25) is 0 Å². The molecule has 0 N–H and O–H groups in total. The van der Waals surface area contributed by atoms with Crippen molar-refractivity contribution in [1.82, 2.24) is 9.78 Å². The van der Waals surface area contributed by atoms with Crippen LogP contribution in [0.4, 0.5) is 0 Å². The molecular formula is C10H9N2O. The first-order valence-electron chi connectivity index (χ1n) is 3.96. The summed E-state index contributed by atoms with van der Waals surface area (Å²) < 4.78 is 6.73. The van der Waals surface area contributed by atoms with Crippen LogP contribution >= 0.6 is 0 Å². The standard InChI is InChI=1S/C10H9N2O/c1-13-10-5-3-9(4-6-10)12-8-2-7-11-12/h2-7H,1H3. The van der Waals surface area contributed by atoms with E-state index in [1.165, 1.54) is 0 Å². The Kier molecular flexibility index (Phi) is 2.00. The highest BCUT2D eigenvalue weighted by molar-refractivity contribution is 5.36. The van der Waals surface area contributed by atoms with Crippen LogP contribution in [-0.4, -0.2) is 16.9 Å². The summed E-state index contributed by atoms with van der Waals surface area (Å²) in [5, 5.41) is 4.06. The van der Waals surface area contributed by atoms with Gasteiger partial charge in [-0.25, -0.2) is 4.68 Å². The maximum Gasteiger partial charge on any atom is 0.119 e. The van der Waals surface area contributed by atoms with E-state index in [1.54, 1.807) is 24.1 Å². The predicted molar refractivity (Wildman–Crippen MR) is 49.0 cm³/mol. The molecule has 0 saturated heterocycles. The molecule has 0 aliphatic heterocycles. The number of methoxy groups -OCH3 is 1. The van der Waals surface area contributed by atoms with Crippen LogP contribution in [0.25, 0.3) is 5.69 Å². The SMILES string of the molecule is COc1ccc(-n2[c]ccn2)cc1. The van der Waals surface area contributed by atoms with E-state index in [0.29, 0.717) is 0 Å². The van der Waals surface area contributed by atoms with Crippen LogP contribution in [0.3, 0.4) is 0 Å². The minimum absolute atomic E-state index is 0.843. The molecular weight excluding hydrogens is 164 g/mol. The Bertz CT molecular complexity index is 364. The maximum atomic E-state index is 5.05. The summed E-state index contributed by atoms with van der Waals surface area (Å²) in [5.41, 5.74) is 0.978. The zero-order valence-electron chi connectivity index (χ0n) is 7.27. The van der Waals surface area contributed by atoms with Crippen LogP contribution in [0.1, 0.15) is 0 Å². The second-order valence-corrected chi connectivity index (χ2v) is 2.57. The van der Waals surface area contributed by atoms with Gasteiger partial charge in [0, 0.05) is 0 Å². The van der Waals surface area contributed by atoms with Gasteiger partial charge < -0.3 is 4.74 Å². The smallest absolute Gasteiger partial charge is 0.119 e. The monoisotopic (exact) mass is 173 g/mol. The predicted octanol–water partition coefficient (Wildman–Crippen LogP) is 1.68. The average molecular weight is 173 g/mol. The Morgan fingerprint density at radius 3 is 2.62 bits per heavy atom. The molecule has 0 unspecified atom stereocenters. The molecule has 0 fully saturated rings. The van der Waals surface area contributed by atoms with E-state index in [-0.39, 0.29) is 0 Å². The van der Waals surface area contributed by atoms with Gasteiger partial charge in [0.15, 0.2) is 0 Å². The number of rotatable bonds is 2. The summed E-state index contributed by atoms with van der Waals surface area (Å²) in [5.74, 6) is 0.843. The van der Waals surface area contributed by atoms with Crippen LogP contribution in [-0.2, 0) is 0 Å². The third-order valence-electron chi connectivity index (χ3n) is 1.77. The first-order valence-corrected chi connectivity index (χ1v) is 3.96. The number of nitrogens with zero attached hydrogens (tertiary/aromatic N) is 2. The average Bonchev–Trinajstić information content (AvgIpc) is 2.71. The quantitative estimate of drug-likeness (QED) is 0.690. The lowest BCUT2D eigenvalue weighted by Gasteiger charge is -2.02. The van der Waals surface area contributed by atoms with Gasteiger partial charge in [0.2, 0.25) is 0 Å². The molecule has 1 heterocycles. The maximum absolute atomic E-state index is 5.05. The summed E-state index contributed by atoms with van der Waals surface area (Å²) >= 11 is 0. The van der Waals surface area contributed by atoms with Crippen molar-refractivity contribution in [2.24, 2.45) is 0 Å². The van der Waals surface area contributed by atoms with Crippen molar-refractivity contribution < 1.29 is 4.74 Å². The van der Waals surface area contributed by atoms with Gasteiger partial charge in [-0.1, -0.05) is 0 Å². The minimum atomic E-state index is 0.843. The first-order chi connectivity index (χ1) is 6.40. The number of benzene rings is 1. The third-order valence-corrected chi connectivity index (χ3v) is 1.77. The Labute approximate surface area is 76.6 Å². The summed E-state index contributed by atoms with van der Waals surface area (Å²) in [4.78, 5) is 0. The normalized spacial score (nSPS) is 9.92.